The fourth-order valence-electron chi connectivity index (χ4n) is 2.71. The van der Waals surface area contributed by atoms with E-state index < -0.39 is 0 Å². The summed E-state index contributed by atoms with van der Waals surface area (Å²) < 4.78 is 1.96. The van der Waals surface area contributed by atoms with Crippen molar-refractivity contribution in [3.63, 3.8) is 0 Å². The van der Waals surface area contributed by atoms with Crippen LogP contribution in [0.3, 0.4) is 0 Å². The van der Waals surface area contributed by atoms with Crippen LogP contribution in [0.15, 0.2) is 59.6 Å². The van der Waals surface area contributed by atoms with Gasteiger partial charge in [-0.25, -0.2) is 4.99 Å². The van der Waals surface area contributed by atoms with Crippen LogP contribution in [0.5, 0.6) is 0 Å². The maximum Gasteiger partial charge on any atom is 0.192 e. The third kappa shape index (κ3) is 6.71. The predicted molar refractivity (Wildman–Crippen MR) is 129 cm³/mol. The molecule has 2 N–H and O–H groups in total. The van der Waals surface area contributed by atoms with Crippen molar-refractivity contribution in [1.82, 2.24) is 25.4 Å². The van der Waals surface area contributed by atoms with Crippen LogP contribution in [0, 0.1) is 6.92 Å². The van der Waals surface area contributed by atoms with E-state index in [4.69, 9.17) is 16.6 Å². The zero-order valence-corrected chi connectivity index (χ0v) is 19.8. The van der Waals surface area contributed by atoms with Crippen molar-refractivity contribution in [2.75, 3.05) is 0 Å². The van der Waals surface area contributed by atoms with Gasteiger partial charge in [0.2, 0.25) is 0 Å². The first-order chi connectivity index (χ1) is 13.5. The summed E-state index contributed by atoms with van der Waals surface area (Å²) in [5.74, 6) is 2.44. The van der Waals surface area contributed by atoms with E-state index in [9.17, 15) is 0 Å². The number of nitrogens with one attached hydrogen (secondary N) is 2. The number of rotatable bonds is 6. The van der Waals surface area contributed by atoms with Crippen molar-refractivity contribution < 1.29 is 0 Å². The fraction of sp³-hybridized carbons (Fsp3) is 0.286. The minimum atomic E-state index is 0. The molecule has 154 valence electrons. The third-order valence-corrected chi connectivity index (χ3v) is 4.83. The standard InChI is InChI=1S/C21H25ClN6.HI/c1-15(18-7-5-4-6-8-18)25-21(23-13-17-9-11-19(22)12-10-17)24-14-20-27-26-16(2)28(20)3;/h4-12,15H,13-14H2,1-3H3,(H2,23,24,25);1H. The molecule has 0 aliphatic heterocycles. The smallest absolute Gasteiger partial charge is 0.192 e. The van der Waals surface area contributed by atoms with E-state index in [1.54, 1.807) is 0 Å². The lowest BCUT2D eigenvalue weighted by molar-refractivity contribution is 0.664. The first-order valence-corrected chi connectivity index (χ1v) is 9.60. The third-order valence-electron chi connectivity index (χ3n) is 4.58. The molecule has 0 spiro atoms. The predicted octanol–water partition coefficient (Wildman–Crippen LogP) is 4.39. The van der Waals surface area contributed by atoms with Crippen LogP contribution in [-0.2, 0) is 20.1 Å². The summed E-state index contributed by atoms with van der Waals surface area (Å²) in [6, 6.07) is 18.1. The highest BCUT2D eigenvalue weighted by Gasteiger charge is 2.10. The number of aromatic nitrogens is 3. The molecule has 0 bridgehead atoms. The van der Waals surface area contributed by atoms with Crippen LogP contribution in [0.1, 0.15) is 35.7 Å². The molecule has 0 aliphatic carbocycles. The molecule has 3 aromatic rings. The highest BCUT2D eigenvalue weighted by molar-refractivity contribution is 14.0. The maximum atomic E-state index is 5.97. The van der Waals surface area contributed by atoms with Gasteiger partial charge in [-0.05, 0) is 37.1 Å². The Labute approximate surface area is 193 Å². The molecule has 0 saturated heterocycles. The summed E-state index contributed by atoms with van der Waals surface area (Å²) in [4.78, 5) is 4.73. The lowest BCUT2D eigenvalue weighted by atomic mass is 10.1. The molecule has 8 heteroatoms. The van der Waals surface area contributed by atoms with Gasteiger partial charge >= 0.3 is 0 Å². The van der Waals surface area contributed by atoms with Gasteiger partial charge in [-0.2, -0.15) is 0 Å². The Hall–Kier alpha value is -2.13. The minimum Gasteiger partial charge on any atom is -0.350 e. The minimum absolute atomic E-state index is 0. The first kappa shape index (κ1) is 23.2. The van der Waals surface area contributed by atoms with E-state index in [1.807, 2.05) is 61.0 Å². The van der Waals surface area contributed by atoms with E-state index in [-0.39, 0.29) is 30.0 Å². The van der Waals surface area contributed by atoms with Gasteiger partial charge in [-0.15, -0.1) is 34.2 Å². The molecule has 2 aromatic carbocycles. The van der Waals surface area contributed by atoms with Crippen LogP contribution in [-0.4, -0.2) is 20.7 Å². The van der Waals surface area contributed by atoms with Crippen molar-refractivity contribution >= 4 is 41.5 Å². The molecule has 1 unspecified atom stereocenters. The summed E-state index contributed by atoms with van der Waals surface area (Å²) in [5, 5.41) is 15.9. The average molecular weight is 525 g/mol. The Morgan fingerprint density at radius 2 is 1.79 bits per heavy atom. The van der Waals surface area contributed by atoms with Crippen LogP contribution < -0.4 is 10.6 Å². The Kier molecular flexibility index (Phi) is 8.91. The number of halogens is 2. The van der Waals surface area contributed by atoms with Gasteiger partial charge < -0.3 is 15.2 Å². The SMILES string of the molecule is Cc1nnc(CNC(=NCc2ccc(Cl)cc2)NC(C)c2ccccc2)n1C.I. The molecule has 0 aliphatic rings. The van der Waals surface area contributed by atoms with Gasteiger partial charge in [0.15, 0.2) is 11.8 Å². The number of guanidine groups is 1. The molecule has 0 saturated carbocycles. The summed E-state index contributed by atoms with van der Waals surface area (Å²) in [6.07, 6.45) is 0. The van der Waals surface area contributed by atoms with Gasteiger partial charge in [0.1, 0.15) is 5.82 Å². The monoisotopic (exact) mass is 524 g/mol. The van der Waals surface area contributed by atoms with E-state index >= 15 is 0 Å². The number of hydrogen-bond acceptors (Lipinski definition) is 3. The van der Waals surface area contributed by atoms with Crippen LogP contribution in [0.25, 0.3) is 0 Å². The van der Waals surface area contributed by atoms with E-state index in [2.05, 4.69) is 39.9 Å². The summed E-state index contributed by atoms with van der Waals surface area (Å²) in [6.45, 7) is 5.13. The number of benzene rings is 2. The highest BCUT2D eigenvalue weighted by Crippen LogP contribution is 2.12. The van der Waals surface area contributed by atoms with Crippen molar-refractivity contribution in [2.45, 2.75) is 33.0 Å². The van der Waals surface area contributed by atoms with Crippen molar-refractivity contribution in [3.05, 3.63) is 82.4 Å². The van der Waals surface area contributed by atoms with Crippen molar-refractivity contribution in [2.24, 2.45) is 12.0 Å². The molecule has 1 atom stereocenters. The van der Waals surface area contributed by atoms with Gasteiger partial charge in [0.25, 0.3) is 0 Å². The molecule has 1 aromatic heterocycles. The van der Waals surface area contributed by atoms with Gasteiger partial charge in [0, 0.05) is 12.1 Å². The Balaban J connectivity index is 0.00000300. The molecule has 0 fully saturated rings. The summed E-state index contributed by atoms with van der Waals surface area (Å²) in [5.41, 5.74) is 2.28. The molecule has 1 heterocycles. The second kappa shape index (κ2) is 11.2. The summed E-state index contributed by atoms with van der Waals surface area (Å²) >= 11 is 5.97. The molecule has 3 rings (SSSR count). The van der Waals surface area contributed by atoms with E-state index in [0.29, 0.717) is 19.0 Å². The molecular weight excluding hydrogens is 499 g/mol. The average Bonchev–Trinajstić information content (AvgIpc) is 3.04. The fourth-order valence-corrected chi connectivity index (χ4v) is 2.84. The number of aryl methyl sites for hydroxylation is 1. The van der Waals surface area contributed by atoms with Gasteiger partial charge in [-0.3, -0.25) is 0 Å². The second-order valence-corrected chi connectivity index (χ2v) is 7.08. The van der Waals surface area contributed by atoms with Crippen molar-refractivity contribution in [1.29, 1.82) is 0 Å². The quantitative estimate of drug-likeness (QED) is 0.285. The Morgan fingerprint density at radius 3 is 2.41 bits per heavy atom. The zero-order valence-electron chi connectivity index (χ0n) is 16.8. The van der Waals surface area contributed by atoms with Crippen LogP contribution in [0.2, 0.25) is 5.02 Å². The molecule has 6 nitrogen and oxygen atoms in total. The van der Waals surface area contributed by atoms with Crippen molar-refractivity contribution in [3.8, 4) is 0 Å². The second-order valence-electron chi connectivity index (χ2n) is 6.64. The normalized spacial score (nSPS) is 12.2. The van der Waals surface area contributed by atoms with Gasteiger partial charge in [0.05, 0.1) is 19.1 Å². The number of aliphatic imine (C=N–C) groups is 1. The molecule has 0 radical (unpaired) electrons. The number of hydrogen-bond donors (Lipinski definition) is 2. The lowest BCUT2D eigenvalue weighted by Gasteiger charge is -2.18. The number of nitrogens with zero attached hydrogens (tertiary/aromatic N) is 4. The Morgan fingerprint density at radius 1 is 1.10 bits per heavy atom. The first-order valence-electron chi connectivity index (χ1n) is 9.22. The summed E-state index contributed by atoms with van der Waals surface area (Å²) in [7, 11) is 1.96. The topological polar surface area (TPSA) is 67.1 Å². The molecule has 0 amide bonds. The highest BCUT2D eigenvalue weighted by atomic mass is 127. The largest absolute Gasteiger partial charge is 0.350 e. The van der Waals surface area contributed by atoms with E-state index in [0.717, 1.165) is 22.2 Å². The van der Waals surface area contributed by atoms with Gasteiger partial charge in [-0.1, -0.05) is 54.1 Å². The van der Waals surface area contributed by atoms with E-state index in [1.165, 1.54) is 5.56 Å². The molecule has 29 heavy (non-hydrogen) atoms. The van der Waals surface area contributed by atoms with Crippen LogP contribution in [0.4, 0.5) is 0 Å². The van der Waals surface area contributed by atoms with Crippen LogP contribution >= 0.6 is 35.6 Å². The molecular formula is C21H26ClIN6. The Bertz CT molecular complexity index is 924. The lowest BCUT2D eigenvalue weighted by Crippen LogP contribution is -2.39. The zero-order chi connectivity index (χ0) is 19.9. The maximum absolute atomic E-state index is 5.97.